The highest BCUT2D eigenvalue weighted by Crippen LogP contribution is 2.21. The predicted molar refractivity (Wildman–Crippen MR) is 68.3 cm³/mol. The van der Waals surface area contributed by atoms with Crippen LogP contribution in [0.3, 0.4) is 0 Å². The van der Waals surface area contributed by atoms with E-state index in [4.69, 9.17) is 14.3 Å². The Bertz CT molecular complexity index is 574. The zero-order chi connectivity index (χ0) is 13.8. The van der Waals surface area contributed by atoms with Gasteiger partial charge in [0.15, 0.2) is 17.8 Å². The third-order valence-electron chi connectivity index (χ3n) is 2.74. The van der Waals surface area contributed by atoms with Gasteiger partial charge in [-0.05, 0) is 23.6 Å². The second-order valence-electron chi connectivity index (χ2n) is 4.45. The van der Waals surface area contributed by atoms with E-state index in [1.54, 1.807) is 0 Å². The monoisotopic (exact) mass is 261 g/mol. The van der Waals surface area contributed by atoms with Gasteiger partial charge in [-0.3, -0.25) is 0 Å². The largest absolute Gasteiger partial charge is 0.486 e. The fourth-order valence-electron chi connectivity index (χ4n) is 1.66. The van der Waals surface area contributed by atoms with E-state index in [0.717, 1.165) is 12.0 Å². The number of hydrogen-bond acceptors (Lipinski definition) is 4. The molecule has 2 rings (SSSR count). The molecule has 0 spiro atoms. The van der Waals surface area contributed by atoms with Crippen molar-refractivity contribution in [3.63, 3.8) is 0 Å². The minimum absolute atomic E-state index is 0.0448. The smallest absolute Gasteiger partial charge is 0.358 e. The van der Waals surface area contributed by atoms with Crippen LogP contribution < -0.4 is 4.74 Å². The van der Waals surface area contributed by atoms with E-state index in [-0.39, 0.29) is 18.1 Å². The van der Waals surface area contributed by atoms with Crippen molar-refractivity contribution in [3.8, 4) is 5.75 Å². The molecular weight excluding hydrogens is 246 g/mol. The number of carboxylic acid groups (broad SMARTS) is 1. The predicted octanol–water partition coefficient (Wildman–Crippen LogP) is 3.08. The summed E-state index contributed by atoms with van der Waals surface area (Å²) in [5.74, 6) is 0.174. The maximum Gasteiger partial charge on any atom is 0.358 e. The number of benzene rings is 1. The van der Waals surface area contributed by atoms with Gasteiger partial charge in [-0.25, -0.2) is 9.78 Å². The number of aromatic carboxylic acids is 1. The van der Waals surface area contributed by atoms with Gasteiger partial charge in [0, 0.05) is 0 Å². The summed E-state index contributed by atoms with van der Waals surface area (Å²) in [5.41, 5.74) is 1.05. The molecule has 19 heavy (non-hydrogen) atoms. The van der Waals surface area contributed by atoms with Gasteiger partial charge in [-0.1, -0.05) is 26.0 Å². The Hall–Kier alpha value is -2.30. The van der Waals surface area contributed by atoms with Crippen molar-refractivity contribution in [1.82, 2.24) is 4.98 Å². The first-order chi connectivity index (χ1) is 9.08. The van der Waals surface area contributed by atoms with Crippen molar-refractivity contribution in [2.24, 2.45) is 0 Å². The molecule has 0 fully saturated rings. The number of ether oxygens (including phenoxy) is 1. The van der Waals surface area contributed by atoms with Crippen molar-refractivity contribution < 1.29 is 19.1 Å². The van der Waals surface area contributed by atoms with Crippen LogP contribution in [0.5, 0.6) is 5.75 Å². The van der Waals surface area contributed by atoms with Gasteiger partial charge in [0.05, 0.1) is 0 Å². The number of oxazole rings is 1. The first-order valence-corrected chi connectivity index (χ1v) is 5.96. The average molecular weight is 261 g/mol. The van der Waals surface area contributed by atoms with E-state index < -0.39 is 5.97 Å². The summed E-state index contributed by atoms with van der Waals surface area (Å²) in [4.78, 5) is 14.5. The molecule has 5 heteroatoms. The van der Waals surface area contributed by atoms with Crippen molar-refractivity contribution in [2.75, 3.05) is 0 Å². The lowest BCUT2D eigenvalue weighted by molar-refractivity contribution is 0.0686. The Balaban J connectivity index is 2.08. The molecule has 0 radical (unpaired) electrons. The van der Waals surface area contributed by atoms with Crippen LogP contribution in [0.4, 0.5) is 0 Å². The zero-order valence-electron chi connectivity index (χ0n) is 10.8. The number of carbonyl (C=O) groups is 1. The number of rotatable bonds is 5. The van der Waals surface area contributed by atoms with E-state index in [0.29, 0.717) is 11.7 Å². The Labute approximate surface area is 110 Å². The molecular formula is C14H15NO4. The van der Waals surface area contributed by atoms with Gasteiger partial charge < -0.3 is 14.3 Å². The summed E-state index contributed by atoms with van der Waals surface area (Å²) in [5, 5.41) is 8.89. The quantitative estimate of drug-likeness (QED) is 0.895. The molecule has 0 atom stereocenters. The molecule has 1 heterocycles. The summed E-state index contributed by atoms with van der Waals surface area (Å²) >= 11 is 0. The van der Waals surface area contributed by atoms with E-state index in [1.807, 2.05) is 24.3 Å². The summed E-state index contributed by atoms with van der Waals surface area (Å²) in [6.45, 7) is 4.24. The number of aromatic nitrogens is 1. The maximum absolute atomic E-state index is 10.9. The number of carboxylic acids is 1. The Morgan fingerprint density at radius 2 is 2.26 bits per heavy atom. The molecule has 2 aromatic rings. The van der Waals surface area contributed by atoms with Crippen LogP contribution in [0.2, 0.25) is 0 Å². The lowest BCUT2D eigenvalue weighted by atomic mass is 10.0. The van der Waals surface area contributed by atoms with Crippen LogP contribution in [0.1, 0.15) is 41.6 Å². The second-order valence-corrected chi connectivity index (χ2v) is 4.45. The van der Waals surface area contributed by atoms with Gasteiger partial charge in [-0.2, -0.15) is 0 Å². The van der Waals surface area contributed by atoms with Gasteiger partial charge >= 0.3 is 5.97 Å². The van der Waals surface area contributed by atoms with Gasteiger partial charge in [-0.15, -0.1) is 0 Å². The lowest BCUT2D eigenvalue weighted by Gasteiger charge is -2.09. The fraction of sp³-hybridized carbons (Fsp3) is 0.286. The highest BCUT2D eigenvalue weighted by Gasteiger charge is 2.15. The SMILES string of the molecule is CC(C)c1cccc(OCc2ocnc2C(=O)O)c1. The zero-order valence-corrected chi connectivity index (χ0v) is 10.8. The van der Waals surface area contributed by atoms with Crippen LogP contribution in [0.25, 0.3) is 0 Å². The first kappa shape index (κ1) is 13.1. The van der Waals surface area contributed by atoms with Crippen molar-refractivity contribution in [1.29, 1.82) is 0 Å². The highest BCUT2D eigenvalue weighted by atomic mass is 16.5. The molecule has 0 aliphatic heterocycles. The van der Waals surface area contributed by atoms with Crippen LogP contribution in [0, 0.1) is 0 Å². The van der Waals surface area contributed by atoms with Crippen LogP contribution in [0.15, 0.2) is 35.1 Å². The van der Waals surface area contributed by atoms with Gasteiger partial charge in [0.1, 0.15) is 12.4 Å². The topological polar surface area (TPSA) is 72.6 Å². The second kappa shape index (κ2) is 5.56. The van der Waals surface area contributed by atoms with Crippen LogP contribution >= 0.6 is 0 Å². The molecule has 100 valence electrons. The van der Waals surface area contributed by atoms with Gasteiger partial charge in [0.25, 0.3) is 0 Å². The Morgan fingerprint density at radius 1 is 1.47 bits per heavy atom. The molecule has 0 saturated heterocycles. The van der Waals surface area contributed by atoms with E-state index in [1.165, 1.54) is 0 Å². The standard InChI is InChI=1S/C14H15NO4/c1-9(2)10-4-3-5-11(6-10)18-7-12-13(14(16)17)15-8-19-12/h3-6,8-9H,7H2,1-2H3,(H,16,17). The number of nitrogens with zero attached hydrogens (tertiary/aromatic N) is 1. The minimum atomic E-state index is -1.12. The Kier molecular flexibility index (Phi) is 3.85. The molecule has 1 aromatic carbocycles. The van der Waals surface area contributed by atoms with Crippen LogP contribution in [-0.2, 0) is 6.61 Å². The van der Waals surface area contributed by atoms with E-state index in [9.17, 15) is 4.79 Å². The Morgan fingerprint density at radius 3 is 2.95 bits per heavy atom. The molecule has 0 saturated carbocycles. The summed E-state index contributed by atoms with van der Waals surface area (Å²) in [7, 11) is 0. The third-order valence-corrected chi connectivity index (χ3v) is 2.74. The summed E-state index contributed by atoms with van der Waals surface area (Å²) in [6.07, 6.45) is 1.10. The molecule has 0 bridgehead atoms. The molecule has 0 aliphatic rings. The first-order valence-electron chi connectivity index (χ1n) is 5.96. The fourth-order valence-corrected chi connectivity index (χ4v) is 1.66. The van der Waals surface area contributed by atoms with Crippen molar-refractivity contribution in [2.45, 2.75) is 26.4 Å². The third kappa shape index (κ3) is 3.13. The minimum Gasteiger partial charge on any atom is -0.486 e. The molecule has 1 aromatic heterocycles. The maximum atomic E-state index is 10.9. The molecule has 0 aliphatic carbocycles. The lowest BCUT2D eigenvalue weighted by Crippen LogP contribution is -2.04. The molecule has 1 N–H and O–H groups in total. The average Bonchev–Trinajstić information content (AvgIpc) is 2.85. The molecule has 5 nitrogen and oxygen atoms in total. The van der Waals surface area contributed by atoms with Crippen LogP contribution in [-0.4, -0.2) is 16.1 Å². The number of hydrogen-bond donors (Lipinski definition) is 1. The normalized spacial score (nSPS) is 10.7. The van der Waals surface area contributed by atoms with E-state index in [2.05, 4.69) is 18.8 Å². The summed E-state index contributed by atoms with van der Waals surface area (Å²) in [6, 6.07) is 7.68. The van der Waals surface area contributed by atoms with Crippen molar-refractivity contribution in [3.05, 3.63) is 47.7 Å². The van der Waals surface area contributed by atoms with Crippen molar-refractivity contribution >= 4 is 5.97 Å². The van der Waals surface area contributed by atoms with Gasteiger partial charge in [0.2, 0.25) is 0 Å². The molecule has 0 amide bonds. The summed E-state index contributed by atoms with van der Waals surface area (Å²) < 4.78 is 10.5. The van der Waals surface area contributed by atoms with E-state index >= 15 is 0 Å². The highest BCUT2D eigenvalue weighted by molar-refractivity contribution is 5.86. The molecule has 0 unspecified atom stereocenters.